The molecule has 0 saturated carbocycles. The summed E-state index contributed by atoms with van der Waals surface area (Å²) in [6.07, 6.45) is 3.41. The number of hydrogen-bond donors (Lipinski definition) is 1. The van der Waals surface area contributed by atoms with Crippen LogP contribution in [-0.4, -0.2) is 42.0 Å². The zero-order valence-electron chi connectivity index (χ0n) is 8.95. The molecule has 0 aromatic carbocycles. The molecular formula is C11H14FN3O. The van der Waals surface area contributed by atoms with Gasteiger partial charge in [-0.25, -0.2) is 4.39 Å². The van der Waals surface area contributed by atoms with E-state index in [1.165, 1.54) is 12.3 Å². The molecule has 1 amide bonds. The average molecular weight is 223 g/mol. The fraction of sp³-hybridized carbons (Fsp3) is 0.455. The molecule has 1 aliphatic heterocycles. The van der Waals surface area contributed by atoms with Crippen LogP contribution in [0.2, 0.25) is 0 Å². The fourth-order valence-corrected chi connectivity index (χ4v) is 1.77. The van der Waals surface area contributed by atoms with E-state index >= 15 is 0 Å². The van der Waals surface area contributed by atoms with E-state index in [1.807, 2.05) is 0 Å². The van der Waals surface area contributed by atoms with Crippen LogP contribution in [0, 0.1) is 5.82 Å². The molecule has 1 aromatic rings. The van der Waals surface area contributed by atoms with Crippen molar-refractivity contribution in [3.05, 3.63) is 29.8 Å². The van der Waals surface area contributed by atoms with Crippen LogP contribution >= 0.6 is 0 Å². The van der Waals surface area contributed by atoms with Crippen molar-refractivity contribution in [3.63, 3.8) is 0 Å². The lowest BCUT2D eigenvalue weighted by molar-refractivity contribution is 0.0761. The van der Waals surface area contributed by atoms with Crippen LogP contribution in [0.5, 0.6) is 0 Å². The van der Waals surface area contributed by atoms with Gasteiger partial charge >= 0.3 is 0 Å². The second-order valence-electron chi connectivity index (χ2n) is 3.75. The lowest BCUT2D eigenvalue weighted by Crippen LogP contribution is -2.34. The molecule has 0 radical (unpaired) electrons. The van der Waals surface area contributed by atoms with Gasteiger partial charge in [0.1, 0.15) is 0 Å². The maximum atomic E-state index is 13.4. The van der Waals surface area contributed by atoms with E-state index in [0.717, 1.165) is 25.7 Å². The third-order valence-electron chi connectivity index (χ3n) is 2.63. The fourth-order valence-electron chi connectivity index (χ4n) is 1.77. The van der Waals surface area contributed by atoms with E-state index < -0.39 is 5.82 Å². The predicted octanol–water partition coefficient (Wildman–Crippen LogP) is 0.656. The minimum Gasteiger partial charge on any atom is -0.337 e. The maximum absolute atomic E-state index is 13.4. The summed E-state index contributed by atoms with van der Waals surface area (Å²) in [6.45, 7) is 2.97. The highest BCUT2D eigenvalue weighted by molar-refractivity contribution is 5.94. The lowest BCUT2D eigenvalue weighted by atomic mass is 10.2. The summed E-state index contributed by atoms with van der Waals surface area (Å²) < 4.78 is 13.4. The Balaban J connectivity index is 2.14. The Morgan fingerprint density at radius 2 is 2.31 bits per heavy atom. The summed E-state index contributed by atoms with van der Waals surface area (Å²) >= 11 is 0. The lowest BCUT2D eigenvalue weighted by Gasteiger charge is -2.19. The number of carbonyl (C=O) groups is 1. The maximum Gasteiger partial charge on any atom is 0.256 e. The van der Waals surface area contributed by atoms with Crippen molar-refractivity contribution in [2.75, 3.05) is 26.2 Å². The molecule has 0 unspecified atom stereocenters. The van der Waals surface area contributed by atoms with Crippen molar-refractivity contribution in [2.24, 2.45) is 0 Å². The van der Waals surface area contributed by atoms with Gasteiger partial charge in [0.25, 0.3) is 5.91 Å². The second kappa shape index (κ2) is 5.03. The number of amides is 1. The Labute approximate surface area is 93.5 Å². The Hall–Kier alpha value is -1.49. The largest absolute Gasteiger partial charge is 0.337 e. The number of pyridine rings is 1. The number of carbonyl (C=O) groups excluding carboxylic acids is 1. The number of halogens is 1. The van der Waals surface area contributed by atoms with Gasteiger partial charge in [0, 0.05) is 25.8 Å². The molecule has 1 saturated heterocycles. The molecule has 86 valence electrons. The van der Waals surface area contributed by atoms with Gasteiger partial charge in [-0.2, -0.15) is 0 Å². The van der Waals surface area contributed by atoms with E-state index in [4.69, 9.17) is 0 Å². The van der Waals surface area contributed by atoms with Crippen molar-refractivity contribution in [1.29, 1.82) is 0 Å². The smallest absolute Gasteiger partial charge is 0.256 e. The number of rotatable bonds is 1. The SMILES string of the molecule is O=C(c1ccncc1F)N1CCCNCC1. The topological polar surface area (TPSA) is 45.2 Å². The summed E-state index contributed by atoms with van der Waals surface area (Å²) in [6, 6.07) is 1.43. The van der Waals surface area contributed by atoms with Crippen molar-refractivity contribution in [1.82, 2.24) is 15.2 Å². The zero-order chi connectivity index (χ0) is 11.4. The van der Waals surface area contributed by atoms with E-state index in [-0.39, 0.29) is 11.5 Å². The summed E-state index contributed by atoms with van der Waals surface area (Å²) in [5.41, 5.74) is 0.108. The number of nitrogens with zero attached hydrogens (tertiary/aromatic N) is 2. The third kappa shape index (κ3) is 2.36. The standard InChI is InChI=1S/C11H14FN3O/c12-10-8-14-4-2-9(10)11(16)15-6-1-3-13-5-7-15/h2,4,8,13H,1,3,5-7H2. The van der Waals surface area contributed by atoms with Gasteiger partial charge in [0.2, 0.25) is 0 Å². The molecule has 2 heterocycles. The molecular weight excluding hydrogens is 209 g/mol. The van der Waals surface area contributed by atoms with Gasteiger partial charge in [-0.1, -0.05) is 0 Å². The number of aromatic nitrogens is 1. The minimum absolute atomic E-state index is 0.108. The first-order chi connectivity index (χ1) is 7.79. The van der Waals surface area contributed by atoms with Crippen molar-refractivity contribution >= 4 is 5.91 Å². The summed E-state index contributed by atoms with van der Waals surface area (Å²) in [5.74, 6) is -0.798. The van der Waals surface area contributed by atoms with Crippen LogP contribution in [0.4, 0.5) is 4.39 Å². The molecule has 5 heteroatoms. The highest BCUT2D eigenvalue weighted by Gasteiger charge is 2.19. The highest BCUT2D eigenvalue weighted by atomic mass is 19.1. The highest BCUT2D eigenvalue weighted by Crippen LogP contribution is 2.09. The Morgan fingerprint density at radius 3 is 3.12 bits per heavy atom. The van der Waals surface area contributed by atoms with Crippen LogP contribution in [0.3, 0.4) is 0 Å². The van der Waals surface area contributed by atoms with Gasteiger partial charge in [-0.15, -0.1) is 0 Å². The first kappa shape index (κ1) is 11.0. The summed E-state index contributed by atoms with van der Waals surface area (Å²) in [7, 11) is 0. The molecule has 1 aromatic heterocycles. The summed E-state index contributed by atoms with van der Waals surface area (Å²) in [4.78, 5) is 17.3. The van der Waals surface area contributed by atoms with Gasteiger partial charge in [0.05, 0.1) is 11.8 Å². The first-order valence-electron chi connectivity index (χ1n) is 5.38. The van der Waals surface area contributed by atoms with Gasteiger partial charge < -0.3 is 10.2 Å². The van der Waals surface area contributed by atoms with Crippen LogP contribution in [0.15, 0.2) is 18.5 Å². The zero-order valence-corrected chi connectivity index (χ0v) is 8.95. The van der Waals surface area contributed by atoms with E-state index in [1.54, 1.807) is 4.90 Å². The van der Waals surface area contributed by atoms with Crippen LogP contribution in [-0.2, 0) is 0 Å². The average Bonchev–Trinajstić information content (AvgIpc) is 2.57. The first-order valence-corrected chi connectivity index (χ1v) is 5.38. The number of hydrogen-bond acceptors (Lipinski definition) is 3. The minimum atomic E-state index is -0.551. The molecule has 1 N–H and O–H groups in total. The van der Waals surface area contributed by atoms with Gasteiger partial charge in [0.15, 0.2) is 5.82 Å². The van der Waals surface area contributed by atoms with Crippen molar-refractivity contribution in [3.8, 4) is 0 Å². The molecule has 0 aliphatic carbocycles. The molecule has 16 heavy (non-hydrogen) atoms. The van der Waals surface area contributed by atoms with E-state index in [0.29, 0.717) is 13.1 Å². The Bertz CT molecular complexity index is 375. The molecule has 0 atom stereocenters. The van der Waals surface area contributed by atoms with Crippen LogP contribution in [0.1, 0.15) is 16.8 Å². The van der Waals surface area contributed by atoms with Gasteiger partial charge in [-0.05, 0) is 19.0 Å². The van der Waals surface area contributed by atoms with Crippen molar-refractivity contribution in [2.45, 2.75) is 6.42 Å². The molecule has 4 nitrogen and oxygen atoms in total. The Morgan fingerprint density at radius 1 is 1.44 bits per heavy atom. The quantitative estimate of drug-likeness (QED) is 0.760. The third-order valence-corrected chi connectivity index (χ3v) is 2.63. The molecule has 2 rings (SSSR count). The second-order valence-corrected chi connectivity index (χ2v) is 3.75. The van der Waals surface area contributed by atoms with Gasteiger partial charge in [-0.3, -0.25) is 9.78 Å². The molecule has 0 spiro atoms. The predicted molar refractivity (Wildman–Crippen MR) is 57.6 cm³/mol. The van der Waals surface area contributed by atoms with Crippen LogP contribution < -0.4 is 5.32 Å². The molecule has 0 bridgehead atoms. The normalized spacial score (nSPS) is 16.9. The monoisotopic (exact) mass is 223 g/mol. The summed E-state index contributed by atoms with van der Waals surface area (Å²) in [5, 5.41) is 3.20. The van der Waals surface area contributed by atoms with Crippen molar-refractivity contribution < 1.29 is 9.18 Å². The molecule has 1 aliphatic rings. The van der Waals surface area contributed by atoms with E-state index in [2.05, 4.69) is 10.3 Å². The number of nitrogens with one attached hydrogen (secondary N) is 1. The van der Waals surface area contributed by atoms with E-state index in [9.17, 15) is 9.18 Å². The molecule has 1 fully saturated rings. The Kier molecular flexibility index (Phi) is 3.46. The van der Waals surface area contributed by atoms with Crippen LogP contribution in [0.25, 0.3) is 0 Å².